The van der Waals surface area contributed by atoms with Crippen LogP contribution in [0.4, 0.5) is 0 Å². The van der Waals surface area contributed by atoms with Gasteiger partial charge in [-0.2, -0.15) is 0 Å². The summed E-state index contributed by atoms with van der Waals surface area (Å²) in [6.07, 6.45) is 40.3. The van der Waals surface area contributed by atoms with Crippen molar-refractivity contribution in [3.05, 3.63) is 24.3 Å². The zero-order chi connectivity index (χ0) is 30.6. The SMILES string of the molecule is CCCCCC=CCC=CCCCCCCCCCCCCOC(=O)C(OCCCCCCC)OCCCCCCC. The Bertz CT molecular complexity index is 570. The van der Waals surface area contributed by atoms with Gasteiger partial charge in [0.15, 0.2) is 0 Å². The van der Waals surface area contributed by atoms with E-state index < -0.39 is 6.29 Å². The van der Waals surface area contributed by atoms with Crippen LogP contribution in [0.15, 0.2) is 24.3 Å². The molecule has 42 heavy (non-hydrogen) atoms. The Hall–Kier alpha value is -1.13. The summed E-state index contributed by atoms with van der Waals surface area (Å²) >= 11 is 0. The molecule has 0 fully saturated rings. The Morgan fingerprint density at radius 1 is 0.452 bits per heavy atom. The number of carbonyl (C=O) groups excluding carboxylic acids is 1. The van der Waals surface area contributed by atoms with Crippen LogP contribution < -0.4 is 0 Å². The van der Waals surface area contributed by atoms with Crippen molar-refractivity contribution in [3.63, 3.8) is 0 Å². The lowest BCUT2D eigenvalue weighted by atomic mass is 10.1. The molecule has 4 nitrogen and oxygen atoms in total. The van der Waals surface area contributed by atoms with Gasteiger partial charge < -0.3 is 14.2 Å². The van der Waals surface area contributed by atoms with Gasteiger partial charge in [0.1, 0.15) is 0 Å². The third kappa shape index (κ3) is 31.8. The topological polar surface area (TPSA) is 44.8 Å². The number of carbonyl (C=O) groups is 1. The fraction of sp³-hybridized carbons (Fsp3) is 0.868. The maximum absolute atomic E-state index is 12.6. The van der Waals surface area contributed by atoms with Crippen molar-refractivity contribution < 1.29 is 19.0 Å². The average molecular weight is 593 g/mol. The van der Waals surface area contributed by atoms with Crippen molar-refractivity contribution in [1.82, 2.24) is 0 Å². The molecule has 0 N–H and O–H groups in total. The molecule has 0 aromatic heterocycles. The fourth-order valence-corrected chi connectivity index (χ4v) is 5.01. The second-order valence-electron chi connectivity index (χ2n) is 12.1. The molecule has 0 aromatic carbocycles. The summed E-state index contributed by atoms with van der Waals surface area (Å²) in [5.41, 5.74) is 0. The van der Waals surface area contributed by atoms with Gasteiger partial charge in [-0.3, -0.25) is 0 Å². The quantitative estimate of drug-likeness (QED) is 0.0323. The lowest BCUT2D eigenvalue weighted by Crippen LogP contribution is -2.30. The zero-order valence-electron chi connectivity index (χ0n) is 28.5. The van der Waals surface area contributed by atoms with Crippen LogP contribution in [0.1, 0.15) is 188 Å². The lowest BCUT2D eigenvalue weighted by Gasteiger charge is -2.17. The molecule has 0 spiro atoms. The van der Waals surface area contributed by atoms with Gasteiger partial charge in [-0.15, -0.1) is 0 Å². The van der Waals surface area contributed by atoms with Gasteiger partial charge in [0.05, 0.1) is 19.8 Å². The van der Waals surface area contributed by atoms with Crippen molar-refractivity contribution in [2.45, 2.75) is 194 Å². The van der Waals surface area contributed by atoms with Crippen molar-refractivity contribution in [1.29, 1.82) is 0 Å². The Morgan fingerprint density at radius 3 is 1.29 bits per heavy atom. The predicted octanol–water partition coefficient (Wildman–Crippen LogP) is 12.2. The highest BCUT2D eigenvalue weighted by Gasteiger charge is 2.21. The van der Waals surface area contributed by atoms with Crippen LogP contribution in [0.3, 0.4) is 0 Å². The molecule has 0 aliphatic rings. The standard InChI is InChI=1S/C38H72O4/c1-4-7-10-13-14-15-16-17-18-19-20-21-22-23-24-25-26-27-30-31-34-40-37(39)38(41-35-32-28-11-8-5-2)42-36-33-29-12-9-6-3/h14-15,17-18,38H,4-13,16,19-36H2,1-3H3. The molecule has 0 radical (unpaired) electrons. The molecule has 0 rings (SSSR count). The molecular weight excluding hydrogens is 520 g/mol. The van der Waals surface area contributed by atoms with Gasteiger partial charge in [-0.05, 0) is 51.4 Å². The maximum Gasteiger partial charge on any atom is 0.363 e. The van der Waals surface area contributed by atoms with E-state index in [1.54, 1.807) is 0 Å². The van der Waals surface area contributed by atoms with Crippen LogP contribution in [-0.4, -0.2) is 32.1 Å². The van der Waals surface area contributed by atoms with E-state index >= 15 is 0 Å². The summed E-state index contributed by atoms with van der Waals surface area (Å²) in [5, 5.41) is 0. The number of unbranched alkanes of at least 4 members (excludes halogenated alkanes) is 21. The number of ether oxygens (including phenoxy) is 3. The molecule has 0 bridgehead atoms. The molecule has 4 heteroatoms. The van der Waals surface area contributed by atoms with Crippen LogP contribution >= 0.6 is 0 Å². The van der Waals surface area contributed by atoms with E-state index in [1.807, 2.05) is 0 Å². The summed E-state index contributed by atoms with van der Waals surface area (Å²) in [6, 6.07) is 0. The van der Waals surface area contributed by atoms with Crippen LogP contribution in [0, 0.1) is 0 Å². The van der Waals surface area contributed by atoms with Crippen molar-refractivity contribution in [2.75, 3.05) is 19.8 Å². The highest BCUT2D eigenvalue weighted by molar-refractivity contribution is 5.73. The van der Waals surface area contributed by atoms with Crippen molar-refractivity contribution in [2.24, 2.45) is 0 Å². The first kappa shape index (κ1) is 40.9. The van der Waals surface area contributed by atoms with E-state index in [2.05, 4.69) is 45.1 Å². The van der Waals surface area contributed by atoms with Gasteiger partial charge in [0.25, 0.3) is 6.29 Å². The number of rotatable bonds is 34. The van der Waals surface area contributed by atoms with E-state index in [1.165, 1.54) is 122 Å². The molecule has 0 saturated heterocycles. The molecule has 0 aromatic rings. The van der Waals surface area contributed by atoms with E-state index in [-0.39, 0.29) is 5.97 Å². The normalized spacial score (nSPS) is 11.9. The van der Waals surface area contributed by atoms with Crippen LogP contribution in [-0.2, 0) is 19.0 Å². The summed E-state index contributed by atoms with van der Waals surface area (Å²) in [4.78, 5) is 12.6. The monoisotopic (exact) mass is 593 g/mol. The molecule has 0 heterocycles. The highest BCUT2D eigenvalue weighted by Crippen LogP contribution is 2.13. The number of hydrogen-bond donors (Lipinski definition) is 0. The fourth-order valence-electron chi connectivity index (χ4n) is 5.01. The van der Waals surface area contributed by atoms with E-state index in [9.17, 15) is 4.79 Å². The second kappa shape index (κ2) is 36.1. The molecule has 0 unspecified atom stereocenters. The van der Waals surface area contributed by atoms with Crippen LogP contribution in [0.5, 0.6) is 0 Å². The van der Waals surface area contributed by atoms with Crippen molar-refractivity contribution in [3.8, 4) is 0 Å². The maximum atomic E-state index is 12.6. The first-order valence-electron chi connectivity index (χ1n) is 18.5. The molecule has 0 atom stereocenters. The van der Waals surface area contributed by atoms with E-state index in [0.29, 0.717) is 19.8 Å². The predicted molar refractivity (Wildman–Crippen MR) is 182 cm³/mol. The van der Waals surface area contributed by atoms with E-state index in [4.69, 9.17) is 14.2 Å². The van der Waals surface area contributed by atoms with Gasteiger partial charge in [-0.25, -0.2) is 4.79 Å². The minimum atomic E-state index is -0.861. The summed E-state index contributed by atoms with van der Waals surface area (Å²) < 4.78 is 17.1. The molecule has 248 valence electrons. The van der Waals surface area contributed by atoms with Crippen molar-refractivity contribution >= 4 is 5.97 Å². The van der Waals surface area contributed by atoms with Crippen LogP contribution in [0.2, 0.25) is 0 Å². The number of allylic oxidation sites excluding steroid dienone is 4. The van der Waals surface area contributed by atoms with Crippen LogP contribution in [0.25, 0.3) is 0 Å². The largest absolute Gasteiger partial charge is 0.462 e. The molecule has 0 aliphatic heterocycles. The first-order valence-corrected chi connectivity index (χ1v) is 18.5. The Labute approximate surface area is 262 Å². The minimum absolute atomic E-state index is 0.345. The second-order valence-corrected chi connectivity index (χ2v) is 12.1. The first-order chi connectivity index (χ1) is 20.8. The van der Waals surface area contributed by atoms with Gasteiger partial charge in [0, 0.05) is 0 Å². The zero-order valence-corrected chi connectivity index (χ0v) is 28.5. The summed E-state index contributed by atoms with van der Waals surface area (Å²) in [7, 11) is 0. The van der Waals surface area contributed by atoms with Gasteiger partial charge in [-0.1, -0.05) is 161 Å². The molecule has 0 aliphatic carbocycles. The lowest BCUT2D eigenvalue weighted by molar-refractivity contribution is -0.196. The number of hydrogen-bond acceptors (Lipinski definition) is 4. The highest BCUT2D eigenvalue weighted by atomic mass is 16.7. The van der Waals surface area contributed by atoms with E-state index in [0.717, 1.165) is 44.9 Å². The molecule has 0 saturated carbocycles. The molecule has 0 amide bonds. The Kier molecular flexibility index (Phi) is 35.1. The smallest absolute Gasteiger partial charge is 0.363 e. The third-order valence-corrected chi connectivity index (χ3v) is 7.82. The number of esters is 1. The third-order valence-electron chi connectivity index (χ3n) is 7.82. The summed E-state index contributed by atoms with van der Waals surface area (Å²) in [5.74, 6) is -0.345. The average Bonchev–Trinajstić information content (AvgIpc) is 3.00. The Morgan fingerprint density at radius 2 is 0.810 bits per heavy atom. The Balaban J connectivity index is 3.73. The summed E-state index contributed by atoms with van der Waals surface area (Å²) in [6.45, 7) is 8.29. The van der Waals surface area contributed by atoms with Gasteiger partial charge in [0.2, 0.25) is 0 Å². The molecular formula is C38H72O4. The van der Waals surface area contributed by atoms with Gasteiger partial charge >= 0.3 is 5.97 Å². The minimum Gasteiger partial charge on any atom is -0.462 e.